The first-order chi connectivity index (χ1) is 9.10. The van der Waals surface area contributed by atoms with E-state index in [0.717, 1.165) is 4.47 Å². The Morgan fingerprint density at radius 3 is 2.68 bits per heavy atom. The van der Waals surface area contributed by atoms with Crippen LogP contribution in [0.1, 0.15) is 11.6 Å². The van der Waals surface area contributed by atoms with E-state index in [9.17, 15) is 9.65 Å². The summed E-state index contributed by atoms with van der Waals surface area (Å²) in [5.41, 5.74) is 1.18. The van der Waals surface area contributed by atoms with Crippen molar-refractivity contribution in [1.82, 2.24) is 0 Å². The molecule has 0 aromatic heterocycles. The normalized spacial score (nSPS) is 11.7. The van der Waals surface area contributed by atoms with Gasteiger partial charge in [-0.15, -0.1) is 0 Å². The minimum Gasteiger partial charge on any atom is -0.366 e. The highest BCUT2D eigenvalue weighted by Gasteiger charge is 2.14. The van der Waals surface area contributed by atoms with Crippen LogP contribution >= 0.6 is 27.5 Å². The van der Waals surface area contributed by atoms with Crippen molar-refractivity contribution < 1.29 is 4.39 Å². The van der Waals surface area contributed by atoms with Crippen molar-refractivity contribution in [2.75, 3.05) is 5.32 Å². The molecule has 0 aliphatic heterocycles. The van der Waals surface area contributed by atoms with Crippen LogP contribution < -0.4 is 5.32 Å². The lowest BCUT2D eigenvalue weighted by atomic mass is 10.1. The van der Waals surface area contributed by atoms with E-state index in [1.54, 1.807) is 30.3 Å². The molecule has 0 amide bonds. The number of nitrogens with one attached hydrogen (secondary N) is 1. The van der Waals surface area contributed by atoms with E-state index in [1.807, 2.05) is 0 Å². The van der Waals surface area contributed by atoms with Crippen molar-refractivity contribution in [3.05, 3.63) is 63.3 Å². The van der Waals surface area contributed by atoms with Crippen LogP contribution in [0, 0.1) is 17.1 Å². The molecular weight excluding hydrogens is 331 g/mol. The predicted octanol–water partition coefficient (Wildman–Crippen LogP) is 4.92. The Morgan fingerprint density at radius 2 is 2.05 bits per heavy atom. The smallest absolute Gasteiger partial charge is 0.141 e. The average molecular weight is 340 g/mol. The molecule has 0 aliphatic carbocycles. The van der Waals surface area contributed by atoms with Gasteiger partial charge in [-0.3, -0.25) is 0 Å². The van der Waals surface area contributed by atoms with Crippen LogP contribution in [-0.4, -0.2) is 0 Å². The maximum absolute atomic E-state index is 13.1. The first-order valence-corrected chi connectivity index (χ1v) is 6.64. The van der Waals surface area contributed by atoms with Gasteiger partial charge in [0.05, 0.1) is 6.07 Å². The number of hydrogen-bond donors (Lipinski definition) is 1. The fourth-order valence-electron chi connectivity index (χ4n) is 1.66. The summed E-state index contributed by atoms with van der Waals surface area (Å²) in [6.07, 6.45) is 0. The van der Waals surface area contributed by atoms with Gasteiger partial charge in [-0.1, -0.05) is 39.7 Å². The van der Waals surface area contributed by atoms with Gasteiger partial charge in [0.25, 0.3) is 0 Å². The van der Waals surface area contributed by atoms with Gasteiger partial charge in [0.1, 0.15) is 11.9 Å². The third-order valence-electron chi connectivity index (χ3n) is 2.54. The second-order valence-electron chi connectivity index (χ2n) is 3.88. The molecule has 1 unspecified atom stereocenters. The predicted molar refractivity (Wildman–Crippen MR) is 77.5 cm³/mol. The van der Waals surface area contributed by atoms with Crippen LogP contribution in [0.15, 0.2) is 46.9 Å². The Bertz CT molecular complexity index is 640. The second kappa shape index (κ2) is 6.05. The van der Waals surface area contributed by atoms with Crippen molar-refractivity contribution in [2.24, 2.45) is 0 Å². The van der Waals surface area contributed by atoms with Gasteiger partial charge in [0, 0.05) is 20.7 Å². The zero-order valence-corrected chi connectivity index (χ0v) is 12.0. The first-order valence-electron chi connectivity index (χ1n) is 5.47. The highest BCUT2D eigenvalue weighted by molar-refractivity contribution is 9.10. The molecule has 0 spiro atoms. The Balaban J connectivity index is 2.28. The van der Waals surface area contributed by atoms with Gasteiger partial charge < -0.3 is 5.32 Å². The molecule has 19 heavy (non-hydrogen) atoms. The molecule has 0 saturated carbocycles. The highest BCUT2D eigenvalue weighted by Crippen LogP contribution is 2.28. The van der Waals surface area contributed by atoms with Crippen molar-refractivity contribution in [2.45, 2.75) is 6.04 Å². The van der Waals surface area contributed by atoms with Crippen molar-refractivity contribution >= 4 is 33.2 Å². The summed E-state index contributed by atoms with van der Waals surface area (Å²) in [5, 5.41) is 12.6. The highest BCUT2D eigenvalue weighted by atomic mass is 79.9. The number of rotatable bonds is 3. The second-order valence-corrected chi connectivity index (χ2v) is 5.21. The maximum Gasteiger partial charge on any atom is 0.141 e. The molecule has 0 saturated heterocycles. The average Bonchev–Trinajstić information content (AvgIpc) is 2.37. The molecule has 5 heteroatoms. The van der Waals surface area contributed by atoms with Gasteiger partial charge in [0.2, 0.25) is 0 Å². The number of nitrogens with zero attached hydrogens (tertiary/aromatic N) is 1. The number of hydrogen-bond acceptors (Lipinski definition) is 2. The molecule has 0 bridgehead atoms. The molecule has 96 valence electrons. The minimum absolute atomic E-state index is 0.358. The molecule has 0 heterocycles. The van der Waals surface area contributed by atoms with Gasteiger partial charge >= 0.3 is 0 Å². The maximum atomic E-state index is 13.1. The monoisotopic (exact) mass is 338 g/mol. The van der Waals surface area contributed by atoms with Crippen LogP contribution in [0.5, 0.6) is 0 Å². The summed E-state index contributed by atoms with van der Waals surface area (Å²) < 4.78 is 13.9. The lowest BCUT2D eigenvalue weighted by Gasteiger charge is -2.15. The number of nitriles is 1. The molecule has 0 fully saturated rings. The fourth-order valence-corrected chi connectivity index (χ4v) is 2.44. The Kier molecular flexibility index (Phi) is 4.41. The largest absolute Gasteiger partial charge is 0.366 e. The van der Waals surface area contributed by atoms with E-state index in [1.165, 1.54) is 12.1 Å². The lowest BCUT2D eigenvalue weighted by molar-refractivity contribution is 0.628. The van der Waals surface area contributed by atoms with Gasteiger partial charge in [-0.25, -0.2) is 4.39 Å². The minimum atomic E-state index is -0.637. The summed E-state index contributed by atoms with van der Waals surface area (Å²) in [6, 6.07) is 12.7. The summed E-state index contributed by atoms with van der Waals surface area (Å²) in [5.74, 6) is -0.358. The van der Waals surface area contributed by atoms with E-state index in [0.29, 0.717) is 16.3 Å². The summed E-state index contributed by atoms with van der Waals surface area (Å²) >= 11 is 9.41. The van der Waals surface area contributed by atoms with Crippen LogP contribution in [0.2, 0.25) is 5.02 Å². The quantitative estimate of drug-likeness (QED) is 0.861. The van der Waals surface area contributed by atoms with Gasteiger partial charge in [-0.2, -0.15) is 5.26 Å². The summed E-state index contributed by atoms with van der Waals surface area (Å²) in [4.78, 5) is 0. The van der Waals surface area contributed by atoms with Crippen molar-refractivity contribution in [1.29, 1.82) is 5.26 Å². The van der Waals surface area contributed by atoms with E-state index in [4.69, 9.17) is 11.6 Å². The first kappa shape index (κ1) is 13.9. The van der Waals surface area contributed by atoms with Crippen LogP contribution in [0.4, 0.5) is 10.1 Å². The third-order valence-corrected chi connectivity index (χ3v) is 3.36. The van der Waals surface area contributed by atoms with E-state index < -0.39 is 6.04 Å². The van der Waals surface area contributed by atoms with Crippen LogP contribution in [-0.2, 0) is 0 Å². The zero-order valence-electron chi connectivity index (χ0n) is 9.70. The molecule has 0 radical (unpaired) electrons. The third kappa shape index (κ3) is 3.46. The van der Waals surface area contributed by atoms with Crippen molar-refractivity contribution in [3.63, 3.8) is 0 Å². The standard InChI is InChI=1S/C14H9BrClFN2/c15-9-4-5-12(13(16)6-9)14(8-18)19-11-3-1-2-10(17)7-11/h1-7,14,19H. The summed E-state index contributed by atoms with van der Waals surface area (Å²) in [7, 11) is 0. The summed E-state index contributed by atoms with van der Waals surface area (Å²) in [6.45, 7) is 0. The Morgan fingerprint density at radius 1 is 1.26 bits per heavy atom. The van der Waals surface area contributed by atoms with Gasteiger partial charge in [0.15, 0.2) is 0 Å². The molecular formula is C14H9BrClFN2. The van der Waals surface area contributed by atoms with E-state index >= 15 is 0 Å². The molecule has 2 aromatic rings. The van der Waals surface area contributed by atoms with Crippen molar-refractivity contribution in [3.8, 4) is 6.07 Å². The topological polar surface area (TPSA) is 35.8 Å². The molecule has 1 atom stereocenters. The molecule has 0 aliphatic rings. The zero-order chi connectivity index (χ0) is 13.8. The fraction of sp³-hybridized carbons (Fsp3) is 0.0714. The number of benzene rings is 2. The number of halogens is 3. The van der Waals surface area contributed by atoms with Gasteiger partial charge in [-0.05, 0) is 30.3 Å². The van der Waals surface area contributed by atoms with E-state index in [-0.39, 0.29) is 5.82 Å². The van der Waals surface area contributed by atoms with Crippen LogP contribution in [0.3, 0.4) is 0 Å². The molecule has 1 N–H and O–H groups in total. The van der Waals surface area contributed by atoms with E-state index in [2.05, 4.69) is 27.3 Å². The lowest BCUT2D eigenvalue weighted by Crippen LogP contribution is -2.09. The Labute approximate surface area is 123 Å². The molecule has 2 aromatic carbocycles. The number of anilines is 1. The molecule has 2 rings (SSSR count). The van der Waals surface area contributed by atoms with Crippen LogP contribution in [0.25, 0.3) is 0 Å². The Hall–Kier alpha value is -1.57. The SMILES string of the molecule is N#CC(Nc1cccc(F)c1)c1ccc(Br)cc1Cl. The molecule has 2 nitrogen and oxygen atoms in total.